The van der Waals surface area contributed by atoms with E-state index in [2.05, 4.69) is 9.71 Å². The number of ether oxygens (including phenoxy) is 1. The van der Waals surface area contributed by atoms with Crippen LogP contribution in [0.5, 0.6) is 5.88 Å². The Hall–Kier alpha value is -1.48. The molecule has 130 valence electrons. The summed E-state index contributed by atoms with van der Waals surface area (Å²) in [5.41, 5.74) is 0.768. The first kappa shape index (κ1) is 17.3. The lowest BCUT2D eigenvalue weighted by atomic mass is 9.76. The van der Waals surface area contributed by atoms with Crippen LogP contribution in [0.2, 0.25) is 0 Å². The van der Waals surface area contributed by atoms with E-state index in [-0.39, 0.29) is 12.0 Å². The Bertz CT molecular complexity index is 796. The molecule has 0 radical (unpaired) electrons. The van der Waals surface area contributed by atoms with Gasteiger partial charge in [-0.05, 0) is 43.4 Å². The summed E-state index contributed by atoms with van der Waals surface area (Å²) in [6.45, 7) is 1.87. The van der Waals surface area contributed by atoms with Crippen LogP contribution in [0.4, 0.5) is 0 Å². The molecule has 0 bridgehead atoms. The molecule has 1 atom stereocenters. The van der Waals surface area contributed by atoms with Crippen LogP contribution in [-0.2, 0) is 10.0 Å². The smallest absolute Gasteiger partial charge is 0.250 e. The minimum absolute atomic E-state index is 0.0472. The molecule has 6 nitrogen and oxygen atoms in total. The Kier molecular flexibility index (Phi) is 4.91. The number of aryl methyl sites for hydroxylation is 1. The first-order chi connectivity index (χ1) is 11.4. The summed E-state index contributed by atoms with van der Waals surface area (Å²) in [4.78, 5) is 5.11. The Balaban J connectivity index is 1.87. The number of sulfonamides is 1. The van der Waals surface area contributed by atoms with Crippen LogP contribution in [0, 0.1) is 12.8 Å². The molecule has 0 amide bonds. The number of aliphatic hydroxyl groups excluding tert-OH is 1. The van der Waals surface area contributed by atoms with Gasteiger partial charge in [0.2, 0.25) is 5.88 Å². The topological polar surface area (TPSA) is 88.5 Å². The molecule has 1 fully saturated rings. The van der Waals surface area contributed by atoms with Gasteiger partial charge in [-0.15, -0.1) is 11.3 Å². The van der Waals surface area contributed by atoms with E-state index in [0.29, 0.717) is 22.9 Å². The number of hydrogen-bond acceptors (Lipinski definition) is 6. The van der Waals surface area contributed by atoms with E-state index < -0.39 is 16.1 Å². The van der Waals surface area contributed by atoms with Crippen LogP contribution in [0.3, 0.4) is 0 Å². The Morgan fingerprint density at radius 3 is 2.58 bits per heavy atom. The van der Waals surface area contributed by atoms with Crippen molar-refractivity contribution in [3.8, 4) is 5.88 Å². The fraction of sp³-hybridized carbons (Fsp3) is 0.438. The maximum Gasteiger partial charge on any atom is 0.250 e. The van der Waals surface area contributed by atoms with Crippen molar-refractivity contribution in [1.82, 2.24) is 9.71 Å². The second kappa shape index (κ2) is 6.79. The fourth-order valence-electron chi connectivity index (χ4n) is 2.82. The average Bonchev–Trinajstić information content (AvgIpc) is 2.97. The van der Waals surface area contributed by atoms with Crippen molar-refractivity contribution in [1.29, 1.82) is 0 Å². The standard InChI is InChI=1S/C16H20N2O4S2/c1-10-3-6-15(23-10)24(20,21)18-16(12-7-13(19)8-12)11-4-5-14(22-2)17-9-11/h3-6,9,12-13,16,18-19H,7-8H2,1-2H3/t12?,13?,16-/m1/s1. The number of aliphatic hydroxyl groups is 1. The molecule has 0 saturated heterocycles. The van der Waals surface area contributed by atoms with Crippen molar-refractivity contribution < 1.29 is 18.3 Å². The third-order valence-electron chi connectivity index (χ3n) is 4.21. The van der Waals surface area contributed by atoms with E-state index in [9.17, 15) is 13.5 Å². The monoisotopic (exact) mass is 368 g/mol. The number of methoxy groups -OCH3 is 1. The lowest BCUT2D eigenvalue weighted by Crippen LogP contribution is -2.41. The molecular formula is C16H20N2O4S2. The molecule has 0 aromatic carbocycles. The number of hydrogen-bond donors (Lipinski definition) is 2. The first-order valence-corrected chi connectivity index (χ1v) is 9.96. The zero-order valence-electron chi connectivity index (χ0n) is 13.5. The van der Waals surface area contributed by atoms with Crippen molar-refractivity contribution in [3.63, 3.8) is 0 Å². The van der Waals surface area contributed by atoms with Crippen LogP contribution in [0.25, 0.3) is 0 Å². The van der Waals surface area contributed by atoms with Crippen LogP contribution in [-0.4, -0.2) is 31.7 Å². The summed E-state index contributed by atoms with van der Waals surface area (Å²) in [6.07, 6.45) is 2.40. The molecule has 0 aliphatic heterocycles. The van der Waals surface area contributed by atoms with Crippen molar-refractivity contribution in [2.24, 2.45) is 5.92 Å². The number of pyridine rings is 1. The largest absolute Gasteiger partial charge is 0.481 e. The number of rotatable bonds is 6. The van der Waals surface area contributed by atoms with Gasteiger partial charge in [-0.2, -0.15) is 0 Å². The lowest BCUT2D eigenvalue weighted by Gasteiger charge is -2.37. The lowest BCUT2D eigenvalue weighted by molar-refractivity contribution is 0.0279. The third kappa shape index (κ3) is 3.61. The third-order valence-corrected chi connectivity index (χ3v) is 7.14. The van der Waals surface area contributed by atoms with E-state index in [0.717, 1.165) is 10.4 Å². The molecule has 2 heterocycles. The number of nitrogens with zero attached hydrogens (tertiary/aromatic N) is 1. The van der Waals surface area contributed by atoms with Crippen LogP contribution >= 0.6 is 11.3 Å². The number of thiophene rings is 1. The first-order valence-electron chi connectivity index (χ1n) is 7.66. The summed E-state index contributed by atoms with van der Waals surface area (Å²) in [5.74, 6) is 0.522. The predicted molar refractivity (Wildman–Crippen MR) is 91.6 cm³/mol. The average molecular weight is 368 g/mol. The normalized spacial score (nSPS) is 22.0. The molecule has 24 heavy (non-hydrogen) atoms. The van der Waals surface area contributed by atoms with Gasteiger partial charge in [-0.3, -0.25) is 0 Å². The molecule has 2 aromatic heterocycles. The highest BCUT2D eigenvalue weighted by atomic mass is 32.2. The summed E-state index contributed by atoms with van der Waals surface area (Å²) in [7, 11) is -2.08. The van der Waals surface area contributed by atoms with Crippen molar-refractivity contribution in [3.05, 3.63) is 40.9 Å². The molecule has 8 heteroatoms. The molecule has 1 aliphatic rings. The van der Waals surface area contributed by atoms with Crippen LogP contribution in [0.15, 0.2) is 34.7 Å². The summed E-state index contributed by atoms with van der Waals surface area (Å²) in [5, 5.41) is 9.60. The molecule has 0 unspecified atom stereocenters. The van der Waals surface area contributed by atoms with Gasteiger partial charge >= 0.3 is 0 Å². The van der Waals surface area contributed by atoms with Gasteiger partial charge in [0, 0.05) is 17.1 Å². The predicted octanol–water partition coefficient (Wildman–Crippen LogP) is 2.25. The Labute approximate surface area is 145 Å². The van der Waals surface area contributed by atoms with Gasteiger partial charge < -0.3 is 9.84 Å². The van der Waals surface area contributed by atoms with Gasteiger partial charge in [0.1, 0.15) is 4.21 Å². The Morgan fingerprint density at radius 1 is 1.33 bits per heavy atom. The van der Waals surface area contributed by atoms with E-state index in [1.165, 1.54) is 18.4 Å². The van der Waals surface area contributed by atoms with Crippen LogP contribution in [0.1, 0.15) is 29.3 Å². The number of nitrogens with one attached hydrogen (secondary N) is 1. The van der Waals surface area contributed by atoms with Crippen LogP contribution < -0.4 is 9.46 Å². The van der Waals surface area contributed by atoms with Gasteiger partial charge in [-0.1, -0.05) is 6.07 Å². The van der Waals surface area contributed by atoms with E-state index >= 15 is 0 Å². The zero-order valence-corrected chi connectivity index (χ0v) is 15.1. The highest BCUT2D eigenvalue weighted by Crippen LogP contribution is 2.39. The van der Waals surface area contributed by atoms with Gasteiger partial charge in [-0.25, -0.2) is 18.1 Å². The molecule has 3 rings (SSSR count). The Morgan fingerprint density at radius 2 is 2.08 bits per heavy atom. The second-order valence-electron chi connectivity index (χ2n) is 5.98. The molecular weight excluding hydrogens is 348 g/mol. The highest BCUT2D eigenvalue weighted by Gasteiger charge is 2.37. The second-order valence-corrected chi connectivity index (χ2v) is 9.21. The van der Waals surface area contributed by atoms with Gasteiger partial charge in [0.15, 0.2) is 0 Å². The van der Waals surface area contributed by atoms with Gasteiger partial charge in [0.25, 0.3) is 10.0 Å². The summed E-state index contributed by atoms with van der Waals surface area (Å²) >= 11 is 1.24. The summed E-state index contributed by atoms with van der Waals surface area (Å²) in [6, 6.07) is 6.50. The SMILES string of the molecule is COc1ccc([C@@H](NS(=O)(=O)c2ccc(C)s2)C2CC(O)C2)cn1. The highest BCUT2D eigenvalue weighted by molar-refractivity contribution is 7.91. The van der Waals surface area contributed by atoms with Crippen molar-refractivity contribution in [2.45, 2.75) is 36.1 Å². The van der Waals surface area contributed by atoms with Crippen molar-refractivity contribution >= 4 is 21.4 Å². The molecule has 2 aromatic rings. The molecule has 0 spiro atoms. The maximum absolute atomic E-state index is 12.7. The number of aromatic nitrogens is 1. The maximum atomic E-state index is 12.7. The van der Waals surface area contributed by atoms with E-state index in [4.69, 9.17) is 4.74 Å². The summed E-state index contributed by atoms with van der Waals surface area (Å²) < 4.78 is 33.5. The van der Waals surface area contributed by atoms with E-state index in [1.54, 1.807) is 24.4 Å². The van der Waals surface area contributed by atoms with E-state index in [1.807, 2.05) is 13.0 Å². The van der Waals surface area contributed by atoms with Gasteiger partial charge in [0.05, 0.1) is 19.3 Å². The fourth-order valence-corrected chi connectivity index (χ4v) is 5.41. The molecule has 2 N–H and O–H groups in total. The quantitative estimate of drug-likeness (QED) is 0.816. The molecule has 1 aliphatic carbocycles. The van der Waals surface area contributed by atoms with Crippen molar-refractivity contribution in [2.75, 3.05) is 7.11 Å². The minimum Gasteiger partial charge on any atom is -0.481 e. The zero-order chi connectivity index (χ0) is 17.3. The molecule has 1 saturated carbocycles. The minimum atomic E-state index is -3.61.